The van der Waals surface area contributed by atoms with Crippen molar-refractivity contribution in [3.8, 4) is 18.1 Å². The van der Waals surface area contributed by atoms with Crippen LogP contribution in [0.5, 0.6) is 5.75 Å². The highest BCUT2D eigenvalue weighted by atomic mass is 35.5. The second-order valence-electron chi connectivity index (χ2n) is 7.89. The Morgan fingerprint density at radius 1 is 1.00 bits per heavy atom. The van der Waals surface area contributed by atoms with Crippen LogP contribution >= 0.6 is 11.6 Å². The molecule has 3 nitrogen and oxygen atoms in total. The zero-order valence-corrected chi connectivity index (χ0v) is 24.8. The van der Waals surface area contributed by atoms with E-state index in [9.17, 15) is 0 Å². The zero-order valence-electron chi connectivity index (χ0n) is 24.1. The molecule has 0 radical (unpaired) electrons. The molecule has 0 aliphatic rings. The second-order valence-corrected chi connectivity index (χ2v) is 8.33. The van der Waals surface area contributed by atoms with Gasteiger partial charge in [0.1, 0.15) is 5.75 Å². The van der Waals surface area contributed by atoms with Gasteiger partial charge in [-0.25, -0.2) is 0 Å². The van der Waals surface area contributed by atoms with Crippen LogP contribution in [0.3, 0.4) is 0 Å². The lowest BCUT2D eigenvalue weighted by Crippen LogP contribution is -2.04. The molecule has 0 unspecified atom stereocenters. The first-order valence-electron chi connectivity index (χ1n) is 12.6. The number of hydrogen-bond acceptors (Lipinski definition) is 3. The van der Waals surface area contributed by atoms with Crippen molar-refractivity contribution < 1.29 is 4.74 Å². The molecule has 3 aromatic rings. The summed E-state index contributed by atoms with van der Waals surface area (Å²) in [6.07, 6.45) is 9.35. The topological polar surface area (TPSA) is 33.6 Å². The zero-order chi connectivity index (χ0) is 29.2. The van der Waals surface area contributed by atoms with Gasteiger partial charge in [0.05, 0.1) is 13.3 Å². The summed E-state index contributed by atoms with van der Waals surface area (Å²) in [5.74, 6) is 3.16. The minimum absolute atomic E-state index is 0.810. The highest BCUT2D eigenvalue weighted by Gasteiger charge is 2.01. The monoisotopic (exact) mass is 532 g/mol. The van der Waals surface area contributed by atoms with Crippen LogP contribution in [-0.4, -0.2) is 13.3 Å². The van der Waals surface area contributed by atoms with E-state index in [4.69, 9.17) is 16.3 Å². The molecule has 0 saturated carbocycles. The number of methoxy groups -OCH3 is 1. The molecule has 0 heterocycles. The molecule has 4 heteroatoms. The van der Waals surface area contributed by atoms with Crippen LogP contribution in [-0.2, 0) is 6.42 Å². The third-order valence-electron chi connectivity index (χ3n) is 4.60. The average Bonchev–Trinajstić information content (AvgIpc) is 2.91. The number of benzene rings is 3. The Labute approximate surface area is 237 Å². The fraction of sp³-hybridized carbons (Fsp3) is 0.265. The Balaban J connectivity index is 0. The molecule has 0 aromatic heterocycles. The minimum Gasteiger partial charge on any atom is -0.496 e. The molecule has 0 bridgehead atoms. The van der Waals surface area contributed by atoms with Crippen LogP contribution in [0.15, 0.2) is 103 Å². The fourth-order valence-corrected chi connectivity index (χ4v) is 3.07. The lowest BCUT2D eigenvalue weighted by Gasteiger charge is -2.07. The molecule has 0 atom stereocenters. The molecule has 0 spiro atoms. The molecule has 3 aromatic carbocycles. The lowest BCUT2D eigenvalue weighted by atomic mass is 10.1. The summed E-state index contributed by atoms with van der Waals surface area (Å²) < 4.78 is 5.34. The van der Waals surface area contributed by atoms with E-state index in [-0.39, 0.29) is 0 Å². The van der Waals surface area contributed by atoms with Crippen molar-refractivity contribution in [2.45, 2.75) is 53.9 Å². The Kier molecular flexibility index (Phi) is 23.9. The van der Waals surface area contributed by atoms with E-state index < -0.39 is 0 Å². The first-order valence-corrected chi connectivity index (χ1v) is 12.9. The van der Waals surface area contributed by atoms with Crippen molar-refractivity contribution in [3.63, 3.8) is 0 Å². The molecule has 0 fully saturated rings. The van der Waals surface area contributed by atoms with Crippen molar-refractivity contribution in [1.82, 2.24) is 5.43 Å². The van der Waals surface area contributed by atoms with Gasteiger partial charge in [0.25, 0.3) is 0 Å². The van der Waals surface area contributed by atoms with E-state index in [1.807, 2.05) is 61.5 Å². The minimum atomic E-state index is 0.810. The van der Waals surface area contributed by atoms with Gasteiger partial charge in [-0.05, 0) is 68.5 Å². The van der Waals surface area contributed by atoms with Gasteiger partial charge < -0.3 is 4.74 Å². The lowest BCUT2D eigenvalue weighted by molar-refractivity contribution is 0.410. The SMILES string of the molecule is C#CC.C=C.C=C(CCC)N/N=C/c1ccc(CC)c(OC)c1.Cc1cccc(Cl)c1.Cc1ccccc1. The summed E-state index contributed by atoms with van der Waals surface area (Å²) in [5.41, 5.74) is 8.62. The number of ether oxygens (including phenoxy) is 1. The molecule has 0 saturated heterocycles. The van der Waals surface area contributed by atoms with Gasteiger partial charge in [0.15, 0.2) is 0 Å². The van der Waals surface area contributed by atoms with E-state index in [2.05, 4.69) is 81.6 Å². The van der Waals surface area contributed by atoms with Crippen molar-refractivity contribution >= 4 is 17.8 Å². The van der Waals surface area contributed by atoms with E-state index in [1.165, 1.54) is 16.7 Å². The first-order chi connectivity index (χ1) is 18.3. The Bertz CT molecular complexity index is 1070. The molecule has 0 amide bonds. The largest absolute Gasteiger partial charge is 0.496 e. The van der Waals surface area contributed by atoms with Crippen LogP contribution in [0.25, 0.3) is 0 Å². The predicted octanol–water partition coefficient (Wildman–Crippen LogP) is 9.58. The third kappa shape index (κ3) is 19.4. The van der Waals surface area contributed by atoms with E-state index in [1.54, 1.807) is 20.2 Å². The van der Waals surface area contributed by atoms with Crippen LogP contribution in [0, 0.1) is 26.2 Å². The number of nitrogens with zero attached hydrogens (tertiary/aromatic N) is 1. The smallest absolute Gasteiger partial charge is 0.122 e. The van der Waals surface area contributed by atoms with E-state index in [0.717, 1.165) is 41.3 Å². The van der Waals surface area contributed by atoms with Crippen LogP contribution in [0.4, 0.5) is 0 Å². The van der Waals surface area contributed by atoms with E-state index >= 15 is 0 Å². The van der Waals surface area contributed by atoms with Crippen molar-refractivity contribution in [3.05, 3.63) is 126 Å². The van der Waals surface area contributed by atoms with E-state index in [0.29, 0.717) is 0 Å². The summed E-state index contributed by atoms with van der Waals surface area (Å²) >= 11 is 5.64. The number of hydrogen-bond donors (Lipinski definition) is 1. The van der Waals surface area contributed by atoms with Crippen LogP contribution in [0.1, 0.15) is 55.9 Å². The number of nitrogens with one attached hydrogen (secondary N) is 1. The van der Waals surface area contributed by atoms with Crippen molar-refractivity contribution in [2.75, 3.05) is 7.11 Å². The van der Waals surface area contributed by atoms with Gasteiger partial charge in [-0.2, -0.15) is 5.10 Å². The van der Waals surface area contributed by atoms with Gasteiger partial charge in [-0.15, -0.1) is 25.5 Å². The quantitative estimate of drug-likeness (QED) is 0.142. The average molecular weight is 533 g/mol. The second kappa shape index (κ2) is 24.9. The third-order valence-corrected chi connectivity index (χ3v) is 4.84. The van der Waals surface area contributed by atoms with Gasteiger partial charge in [0, 0.05) is 10.7 Å². The molecule has 204 valence electrons. The number of allylic oxidation sites excluding steroid dienone is 1. The highest BCUT2D eigenvalue weighted by molar-refractivity contribution is 6.30. The number of aryl methyl sites for hydroxylation is 3. The number of halogens is 1. The summed E-state index contributed by atoms with van der Waals surface area (Å²) in [4.78, 5) is 0. The molecule has 3 rings (SSSR count). The van der Waals surface area contributed by atoms with Gasteiger partial charge in [-0.3, -0.25) is 5.43 Å². The fourth-order valence-electron chi connectivity index (χ4n) is 2.83. The maximum Gasteiger partial charge on any atom is 0.122 e. The first kappa shape index (κ1) is 36.4. The molecule has 38 heavy (non-hydrogen) atoms. The van der Waals surface area contributed by atoms with Crippen LogP contribution in [0.2, 0.25) is 5.02 Å². The summed E-state index contributed by atoms with van der Waals surface area (Å²) in [7, 11) is 1.69. The van der Waals surface area contributed by atoms with Crippen LogP contribution < -0.4 is 10.2 Å². The maximum absolute atomic E-state index is 5.64. The summed E-state index contributed by atoms with van der Waals surface area (Å²) in [5, 5.41) is 4.97. The number of terminal acetylenes is 1. The molecule has 0 aliphatic carbocycles. The molecule has 1 N–H and O–H groups in total. The molecule has 0 aliphatic heterocycles. The Hall–Kier alpha value is -3.74. The maximum atomic E-state index is 5.64. The standard InChI is InChI=1S/C15H22N2O.C7H7Cl.C7H8.C3H4.C2H4/c1-5-7-12(3)17-16-11-13-8-9-14(6-2)15(10-13)18-4;1-6-3-2-4-7(8)5-6;1-7-5-3-2-4-6-7;1-3-2;1-2/h8-11,17H,3,5-7H2,1-2,4H3;2-5H,1H3;2-6H,1H3;1H,2H3;1-2H2/b16-11+;;;;. The van der Waals surface area contributed by atoms with Gasteiger partial charge in [0.2, 0.25) is 0 Å². The Morgan fingerprint density at radius 3 is 2.03 bits per heavy atom. The van der Waals surface area contributed by atoms with Crippen molar-refractivity contribution in [2.24, 2.45) is 5.10 Å². The summed E-state index contributed by atoms with van der Waals surface area (Å²) in [6.45, 7) is 19.9. The summed E-state index contributed by atoms with van der Waals surface area (Å²) in [6, 6.07) is 24.1. The molecular weight excluding hydrogens is 488 g/mol. The highest BCUT2D eigenvalue weighted by Crippen LogP contribution is 2.19. The molecular formula is C34H45ClN2O. The normalized spacial score (nSPS) is 8.89. The van der Waals surface area contributed by atoms with Crippen molar-refractivity contribution in [1.29, 1.82) is 0 Å². The Morgan fingerprint density at radius 2 is 1.61 bits per heavy atom. The number of hydrazone groups is 1. The van der Waals surface area contributed by atoms with Gasteiger partial charge >= 0.3 is 0 Å². The predicted molar refractivity (Wildman–Crippen MR) is 170 cm³/mol. The van der Waals surface area contributed by atoms with Gasteiger partial charge in [-0.1, -0.05) is 98.6 Å². The number of rotatable bonds is 7.